The number of hydrogen-bond donors (Lipinski definition) is 2. The number of methoxy groups -OCH3 is 1. The van der Waals surface area contributed by atoms with Crippen LogP contribution in [0.1, 0.15) is 17.2 Å². The fourth-order valence-corrected chi connectivity index (χ4v) is 2.84. The molecule has 0 aliphatic carbocycles. The average molecular weight is 391 g/mol. The van der Waals surface area contributed by atoms with E-state index < -0.39 is 24.0 Å². The minimum Gasteiger partial charge on any atom is -0.368 e. The molecular formula is C18H19BrN2O3. The third-order valence-electron chi connectivity index (χ3n) is 3.56. The largest absolute Gasteiger partial charge is 0.368 e. The summed E-state index contributed by atoms with van der Waals surface area (Å²) in [6.07, 6.45) is -0.485. The van der Waals surface area contributed by atoms with E-state index in [1.807, 2.05) is 42.5 Å². The Morgan fingerprint density at radius 2 is 1.88 bits per heavy atom. The van der Waals surface area contributed by atoms with Gasteiger partial charge in [-0.2, -0.15) is 0 Å². The molecule has 0 saturated carbocycles. The van der Waals surface area contributed by atoms with Crippen LogP contribution in [0.25, 0.3) is 0 Å². The number of nitrogens with two attached hydrogens (primary N) is 1. The van der Waals surface area contributed by atoms with Crippen LogP contribution in [-0.2, 0) is 20.7 Å². The second kappa shape index (κ2) is 8.61. The van der Waals surface area contributed by atoms with Gasteiger partial charge < -0.3 is 15.8 Å². The van der Waals surface area contributed by atoms with Crippen LogP contribution in [0.15, 0.2) is 59.1 Å². The van der Waals surface area contributed by atoms with Crippen LogP contribution < -0.4 is 11.1 Å². The summed E-state index contributed by atoms with van der Waals surface area (Å²) in [7, 11) is 1.45. The van der Waals surface area contributed by atoms with Gasteiger partial charge in [-0.25, -0.2) is 0 Å². The minimum atomic E-state index is -0.812. The van der Waals surface area contributed by atoms with Crippen molar-refractivity contribution in [1.82, 2.24) is 5.32 Å². The first-order valence-corrected chi connectivity index (χ1v) is 8.22. The fourth-order valence-electron chi connectivity index (χ4n) is 2.39. The fraction of sp³-hybridized carbons (Fsp3) is 0.222. The number of ether oxygens (including phenoxy) is 1. The molecule has 2 atom stereocenters. The van der Waals surface area contributed by atoms with Crippen molar-refractivity contribution in [2.75, 3.05) is 7.11 Å². The quantitative estimate of drug-likeness (QED) is 0.760. The normalized spacial score (nSPS) is 13.1. The molecule has 0 radical (unpaired) electrons. The Morgan fingerprint density at radius 1 is 1.17 bits per heavy atom. The lowest BCUT2D eigenvalue weighted by Gasteiger charge is -2.20. The van der Waals surface area contributed by atoms with Crippen molar-refractivity contribution in [1.29, 1.82) is 0 Å². The highest BCUT2D eigenvalue weighted by atomic mass is 79.9. The Morgan fingerprint density at radius 3 is 2.46 bits per heavy atom. The predicted octanol–water partition coefficient (Wildman–Crippen LogP) is 2.35. The molecule has 0 aromatic heterocycles. The maximum Gasteiger partial charge on any atom is 0.254 e. The number of carbonyl (C=O) groups excluding carboxylic acids is 2. The highest BCUT2D eigenvalue weighted by Crippen LogP contribution is 2.17. The van der Waals surface area contributed by atoms with E-state index in [1.54, 1.807) is 12.1 Å². The maximum atomic E-state index is 12.5. The lowest BCUT2D eigenvalue weighted by Crippen LogP contribution is -2.47. The Balaban J connectivity index is 2.11. The van der Waals surface area contributed by atoms with Gasteiger partial charge in [0.2, 0.25) is 5.91 Å². The first-order valence-electron chi connectivity index (χ1n) is 7.43. The molecule has 6 heteroatoms. The zero-order valence-electron chi connectivity index (χ0n) is 13.2. The van der Waals surface area contributed by atoms with Gasteiger partial charge in [0, 0.05) is 18.0 Å². The molecule has 0 unspecified atom stereocenters. The van der Waals surface area contributed by atoms with Gasteiger partial charge in [0.05, 0.1) is 0 Å². The van der Waals surface area contributed by atoms with Gasteiger partial charge >= 0.3 is 0 Å². The van der Waals surface area contributed by atoms with Crippen LogP contribution in [0.2, 0.25) is 0 Å². The average Bonchev–Trinajstić information content (AvgIpc) is 2.56. The highest BCUT2D eigenvalue weighted by Gasteiger charge is 2.25. The molecule has 5 nitrogen and oxygen atoms in total. The van der Waals surface area contributed by atoms with Crippen LogP contribution in [0.4, 0.5) is 0 Å². The van der Waals surface area contributed by atoms with E-state index in [2.05, 4.69) is 21.2 Å². The maximum absolute atomic E-state index is 12.5. The SMILES string of the molecule is CO[C@H](C(=O)N[C@H](Cc1cccc(Br)c1)C(N)=O)c1ccccc1. The molecule has 2 rings (SSSR count). The van der Waals surface area contributed by atoms with E-state index in [0.29, 0.717) is 12.0 Å². The lowest BCUT2D eigenvalue weighted by molar-refractivity contribution is -0.134. The molecular weight excluding hydrogens is 372 g/mol. The molecule has 24 heavy (non-hydrogen) atoms. The van der Waals surface area contributed by atoms with Crippen molar-refractivity contribution >= 4 is 27.7 Å². The Labute approximate surface area is 149 Å². The number of amides is 2. The van der Waals surface area contributed by atoms with E-state index in [-0.39, 0.29) is 0 Å². The number of nitrogens with one attached hydrogen (secondary N) is 1. The number of carbonyl (C=O) groups is 2. The van der Waals surface area contributed by atoms with Gasteiger partial charge in [-0.3, -0.25) is 9.59 Å². The zero-order chi connectivity index (χ0) is 17.5. The Kier molecular flexibility index (Phi) is 6.52. The van der Waals surface area contributed by atoms with Crippen molar-refractivity contribution in [3.63, 3.8) is 0 Å². The summed E-state index contributed by atoms with van der Waals surface area (Å²) in [5.41, 5.74) is 7.05. The summed E-state index contributed by atoms with van der Waals surface area (Å²) in [6, 6.07) is 15.8. The predicted molar refractivity (Wildman–Crippen MR) is 95.2 cm³/mol. The number of benzene rings is 2. The molecule has 2 aromatic rings. The van der Waals surface area contributed by atoms with E-state index in [1.165, 1.54) is 7.11 Å². The topological polar surface area (TPSA) is 81.4 Å². The van der Waals surface area contributed by atoms with Crippen LogP contribution in [0.5, 0.6) is 0 Å². The van der Waals surface area contributed by atoms with Crippen molar-refractivity contribution in [3.05, 3.63) is 70.2 Å². The lowest BCUT2D eigenvalue weighted by atomic mass is 10.0. The summed E-state index contributed by atoms with van der Waals surface area (Å²) in [6.45, 7) is 0. The molecule has 126 valence electrons. The molecule has 0 saturated heterocycles. The van der Waals surface area contributed by atoms with Crippen molar-refractivity contribution in [2.45, 2.75) is 18.6 Å². The van der Waals surface area contributed by atoms with Crippen molar-refractivity contribution < 1.29 is 14.3 Å². The molecule has 3 N–H and O–H groups in total. The van der Waals surface area contributed by atoms with E-state index in [0.717, 1.165) is 10.0 Å². The highest BCUT2D eigenvalue weighted by molar-refractivity contribution is 9.10. The molecule has 0 aliphatic rings. The molecule has 0 aliphatic heterocycles. The van der Waals surface area contributed by atoms with Crippen molar-refractivity contribution in [2.24, 2.45) is 5.73 Å². The minimum absolute atomic E-state index is 0.311. The van der Waals surface area contributed by atoms with Crippen LogP contribution in [-0.4, -0.2) is 25.0 Å². The summed E-state index contributed by atoms with van der Waals surface area (Å²) in [5, 5.41) is 2.68. The zero-order valence-corrected chi connectivity index (χ0v) is 14.8. The number of hydrogen-bond acceptors (Lipinski definition) is 3. The van der Waals surface area contributed by atoms with Crippen molar-refractivity contribution in [3.8, 4) is 0 Å². The van der Waals surface area contributed by atoms with Crippen LogP contribution in [0.3, 0.4) is 0 Å². The summed E-state index contributed by atoms with van der Waals surface area (Å²) >= 11 is 3.38. The molecule has 0 spiro atoms. The third-order valence-corrected chi connectivity index (χ3v) is 4.06. The van der Waals surface area contributed by atoms with Gasteiger partial charge in [0.15, 0.2) is 6.10 Å². The monoisotopic (exact) mass is 390 g/mol. The molecule has 0 bridgehead atoms. The van der Waals surface area contributed by atoms with E-state index in [4.69, 9.17) is 10.5 Å². The van der Waals surface area contributed by atoms with E-state index >= 15 is 0 Å². The Hall–Kier alpha value is -2.18. The van der Waals surface area contributed by atoms with Crippen LogP contribution in [0, 0.1) is 0 Å². The standard InChI is InChI=1S/C18H19BrN2O3/c1-24-16(13-7-3-2-4-8-13)18(23)21-15(17(20)22)11-12-6-5-9-14(19)10-12/h2-10,15-16H,11H2,1H3,(H2,20,22)(H,21,23)/t15-,16+/m1/s1. The van der Waals surface area contributed by atoms with Gasteiger partial charge in [0.25, 0.3) is 5.91 Å². The molecule has 0 heterocycles. The number of primary amides is 1. The first-order chi connectivity index (χ1) is 11.5. The number of rotatable bonds is 7. The third kappa shape index (κ3) is 4.91. The smallest absolute Gasteiger partial charge is 0.254 e. The Bertz CT molecular complexity index is 706. The second-order valence-electron chi connectivity index (χ2n) is 5.32. The van der Waals surface area contributed by atoms with Crippen LogP contribution >= 0.6 is 15.9 Å². The van der Waals surface area contributed by atoms with Gasteiger partial charge in [-0.1, -0.05) is 58.4 Å². The first kappa shape index (κ1) is 18.2. The van der Waals surface area contributed by atoms with Gasteiger partial charge in [-0.05, 0) is 23.3 Å². The van der Waals surface area contributed by atoms with E-state index in [9.17, 15) is 9.59 Å². The molecule has 2 amide bonds. The number of halogens is 1. The van der Waals surface area contributed by atoms with Gasteiger partial charge in [-0.15, -0.1) is 0 Å². The molecule has 0 fully saturated rings. The summed E-state index contributed by atoms with van der Waals surface area (Å²) in [4.78, 5) is 24.2. The summed E-state index contributed by atoms with van der Waals surface area (Å²) < 4.78 is 6.17. The summed E-state index contributed by atoms with van der Waals surface area (Å²) in [5.74, 6) is -0.992. The second-order valence-corrected chi connectivity index (χ2v) is 6.24. The van der Waals surface area contributed by atoms with Gasteiger partial charge in [0.1, 0.15) is 6.04 Å². The molecule has 2 aromatic carbocycles.